The first-order valence-corrected chi connectivity index (χ1v) is 8.57. The molecule has 0 atom stereocenters. The molecule has 0 heterocycles. The molecule has 0 aliphatic rings. The summed E-state index contributed by atoms with van der Waals surface area (Å²) in [5.41, 5.74) is 0. The van der Waals surface area contributed by atoms with Crippen LogP contribution in [0.1, 0.15) is 77.6 Å². The van der Waals surface area contributed by atoms with Gasteiger partial charge in [-0.15, -0.1) is 0 Å². The Labute approximate surface area is 131 Å². The molecule has 0 amide bonds. The second-order valence-electron chi connectivity index (χ2n) is 5.50. The van der Waals surface area contributed by atoms with E-state index in [2.05, 4.69) is 19.1 Å². The number of rotatable bonds is 15. The quantitative estimate of drug-likeness (QED) is 0.241. The van der Waals surface area contributed by atoms with Crippen LogP contribution in [0.5, 0.6) is 0 Å². The van der Waals surface area contributed by atoms with Crippen molar-refractivity contribution in [3.63, 3.8) is 0 Å². The lowest BCUT2D eigenvalue weighted by Gasteiger charge is -2.05. The molecule has 0 N–H and O–H groups in total. The van der Waals surface area contributed by atoms with Gasteiger partial charge in [0.15, 0.2) is 0 Å². The highest BCUT2D eigenvalue weighted by Gasteiger charge is 2.02. The lowest BCUT2D eigenvalue weighted by atomic mass is 10.1. The third-order valence-electron chi connectivity index (χ3n) is 3.49. The van der Waals surface area contributed by atoms with Crippen molar-refractivity contribution in [3.8, 4) is 0 Å². The highest BCUT2D eigenvalue weighted by Crippen LogP contribution is 2.08. The summed E-state index contributed by atoms with van der Waals surface area (Å²) in [5.74, 6) is -0.0270. The van der Waals surface area contributed by atoms with E-state index in [0.717, 1.165) is 45.1 Å². The Morgan fingerprint density at radius 2 is 1.48 bits per heavy atom. The Bertz CT molecular complexity index is 249. The van der Waals surface area contributed by atoms with Crippen LogP contribution in [0.15, 0.2) is 12.2 Å². The highest BCUT2D eigenvalue weighted by atomic mass is 16.5. The molecule has 0 saturated carbocycles. The van der Waals surface area contributed by atoms with Crippen molar-refractivity contribution in [2.24, 2.45) is 0 Å². The van der Waals surface area contributed by atoms with E-state index in [1.807, 2.05) is 0 Å². The first-order valence-electron chi connectivity index (χ1n) is 8.57. The van der Waals surface area contributed by atoms with Crippen LogP contribution in [0.25, 0.3) is 0 Å². The van der Waals surface area contributed by atoms with E-state index >= 15 is 0 Å². The lowest BCUT2D eigenvalue weighted by Crippen LogP contribution is -2.05. The van der Waals surface area contributed by atoms with Gasteiger partial charge in [0.25, 0.3) is 0 Å². The fourth-order valence-electron chi connectivity index (χ4n) is 2.19. The normalized spacial score (nSPS) is 11.1. The van der Waals surface area contributed by atoms with E-state index < -0.39 is 0 Å². The van der Waals surface area contributed by atoms with Crippen LogP contribution in [-0.2, 0) is 14.3 Å². The van der Waals surface area contributed by atoms with Crippen molar-refractivity contribution in [2.45, 2.75) is 77.6 Å². The maximum atomic E-state index is 11.5. The van der Waals surface area contributed by atoms with Gasteiger partial charge in [-0.3, -0.25) is 4.79 Å². The van der Waals surface area contributed by atoms with Gasteiger partial charge in [-0.05, 0) is 45.4 Å². The van der Waals surface area contributed by atoms with Gasteiger partial charge < -0.3 is 9.47 Å². The Balaban J connectivity index is 3.16. The van der Waals surface area contributed by atoms with Crippen molar-refractivity contribution in [1.82, 2.24) is 0 Å². The Kier molecular flexibility index (Phi) is 16.5. The number of methoxy groups -OCH3 is 1. The molecule has 0 aliphatic carbocycles. The molecule has 3 nitrogen and oxygen atoms in total. The van der Waals surface area contributed by atoms with Gasteiger partial charge in [0.1, 0.15) is 0 Å². The molecule has 124 valence electrons. The van der Waals surface area contributed by atoms with Crippen LogP contribution >= 0.6 is 0 Å². The van der Waals surface area contributed by atoms with Gasteiger partial charge in [-0.1, -0.05) is 37.8 Å². The van der Waals surface area contributed by atoms with Crippen LogP contribution in [0.2, 0.25) is 0 Å². The zero-order valence-corrected chi connectivity index (χ0v) is 14.1. The minimum absolute atomic E-state index is 0.0270. The van der Waals surface area contributed by atoms with Gasteiger partial charge in [0.2, 0.25) is 0 Å². The molecule has 0 unspecified atom stereocenters. The maximum Gasteiger partial charge on any atom is 0.305 e. The molecule has 21 heavy (non-hydrogen) atoms. The second kappa shape index (κ2) is 17.2. The summed E-state index contributed by atoms with van der Waals surface area (Å²) in [7, 11) is 1.73. The number of hydrogen-bond donors (Lipinski definition) is 0. The molecular weight excluding hydrogens is 264 g/mol. The number of hydrogen-bond acceptors (Lipinski definition) is 3. The summed E-state index contributed by atoms with van der Waals surface area (Å²) in [6.07, 6.45) is 16.3. The van der Waals surface area contributed by atoms with E-state index in [1.54, 1.807) is 7.11 Å². The van der Waals surface area contributed by atoms with Crippen molar-refractivity contribution in [3.05, 3.63) is 12.2 Å². The van der Waals surface area contributed by atoms with Gasteiger partial charge in [0, 0.05) is 20.1 Å². The van der Waals surface area contributed by atoms with Crippen LogP contribution in [0.4, 0.5) is 0 Å². The number of ether oxygens (including phenoxy) is 2. The molecule has 0 bridgehead atoms. The molecule has 0 aromatic rings. The number of allylic oxidation sites excluding steroid dienone is 2. The molecular formula is C18H34O3. The average molecular weight is 298 g/mol. The minimum Gasteiger partial charge on any atom is -0.466 e. The van der Waals surface area contributed by atoms with Crippen molar-refractivity contribution in [2.75, 3.05) is 20.3 Å². The van der Waals surface area contributed by atoms with Crippen LogP contribution in [-0.4, -0.2) is 26.3 Å². The third-order valence-corrected chi connectivity index (χ3v) is 3.49. The topological polar surface area (TPSA) is 35.5 Å². The highest BCUT2D eigenvalue weighted by molar-refractivity contribution is 5.69. The standard InChI is InChI=1S/C18H34O3/c1-3-4-5-6-7-8-9-12-15-18(19)21-17-14-11-10-13-16-20-2/h3-4H,5-17H2,1-2H3/b4-3-. The van der Waals surface area contributed by atoms with E-state index in [4.69, 9.17) is 9.47 Å². The number of unbranched alkanes of at least 4 members (excludes halogenated alkanes) is 8. The molecule has 0 rings (SSSR count). The summed E-state index contributed by atoms with van der Waals surface area (Å²) in [5, 5.41) is 0. The van der Waals surface area contributed by atoms with Crippen LogP contribution < -0.4 is 0 Å². The molecule has 0 aliphatic heterocycles. The summed E-state index contributed by atoms with van der Waals surface area (Å²) >= 11 is 0. The van der Waals surface area contributed by atoms with Gasteiger partial charge in [-0.25, -0.2) is 0 Å². The average Bonchev–Trinajstić information content (AvgIpc) is 2.49. The van der Waals surface area contributed by atoms with Gasteiger partial charge in [0.05, 0.1) is 6.61 Å². The van der Waals surface area contributed by atoms with Crippen molar-refractivity contribution in [1.29, 1.82) is 0 Å². The fourth-order valence-corrected chi connectivity index (χ4v) is 2.19. The molecule has 0 fully saturated rings. The first kappa shape index (κ1) is 20.2. The summed E-state index contributed by atoms with van der Waals surface area (Å²) in [6.45, 7) is 3.47. The second-order valence-corrected chi connectivity index (χ2v) is 5.50. The first-order chi connectivity index (χ1) is 10.3. The number of esters is 1. The molecule has 0 spiro atoms. The van der Waals surface area contributed by atoms with E-state index in [1.165, 1.54) is 25.7 Å². The lowest BCUT2D eigenvalue weighted by molar-refractivity contribution is -0.143. The molecule has 3 heteroatoms. The van der Waals surface area contributed by atoms with Crippen LogP contribution in [0.3, 0.4) is 0 Å². The SMILES string of the molecule is C/C=C\CCCCCCCC(=O)OCCCCCCOC. The Hall–Kier alpha value is -0.830. The zero-order valence-electron chi connectivity index (χ0n) is 14.1. The molecule has 0 saturated heterocycles. The fraction of sp³-hybridized carbons (Fsp3) is 0.833. The Morgan fingerprint density at radius 1 is 0.857 bits per heavy atom. The van der Waals surface area contributed by atoms with Crippen molar-refractivity contribution < 1.29 is 14.3 Å². The molecule has 0 aromatic carbocycles. The monoisotopic (exact) mass is 298 g/mol. The van der Waals surface area contributed by atoms with Crippen molar-refractivity contribution >= 4 is 5.97 Å². The summed E-state index contributed by atoms with van der Waals surface area (Å²) < 4.78 is 10.2. The minimum atomic E-state index is -0.0270. The number of carbonyl (C=O) groups excluding carboxylic acids is 1. The van der Waals surface area contributed by atoms with Gasteiger partial charge in [-0.2, -0.15) is 0 Å². The summed E-state index contributed by atoms with van der Waals surface area (Å²) in [6, 6.07) is 0. The number of carbonyl (C=O) groups is 1. The van der Waals surface area contributed by atoms with E-state index in [-0.39, 0.29) is 5.97 Å². The third kappa shape index (κ3) is 17.1. The molecule has 0 aromatic heterocycles. The van der Waals surface area contributed by atoms with E-state index in [9.17, 15) is 4.79 Å². The summed E-state index contributed by atoms with van der Waals surface area (Å²) in [4.78, 5) is 11.5. The predicted molar refractivity (Wildman–Crippen MR) is 88.4 cm³/mol. The van der Waals surface area contributed by atoms with Crippen LogP contribution in [0, 0.1) is 0 Å². The van der Waals surface area contributed by atoms with Gasteiger partial charge >= 0.3 is 5.97 Å². The largest absolute Gasteiger partial charge is 0.466 e. The molecule has 0 radical (unpaired) electrons. The predicted octanol–water partition coefficient (Wildman–Crippen LogP) is 5.04. The maximum absolute atomic E-state index is 11.5. The van der Waals surface area contributed by atoms with E-state index in [0.29, 0.717) is 13.0 Å². The zero-order chi connectivity index (χ0) is 15.6. The smallest absolute Gasteiger partial charge is 0.305 e. The Morgan fingerprint density at radius 3 is 2.19 bits per heavy atom.